The minimum absolute atomic E-state index is 1.02. The number of aryl methyl sites for hydroxylation is 1. The summed E-state index contributed by atoms with van der Waals surface area (Å²) >= 11 is 0. The van der Waals surface area contributed by atoms with E-state index in [1.165, 1.54) is 24.0 Å². The van der Waals surface area contributed by atoms with Gasteiger partial charge in [0.25, 0.3) is 0 Å². The van der Waals surface area contributed by atoms with Crippen molar-refractivity contribution < 1.29 is 0 Å². The average Bonchev–Trinajstić information content (AvgIpc) is 2.44. The number of fused-ring (bicyclic) bond motifs is 1. The normalized spacial score (nSPS) is 16.6. The van der Waals surface area contributed by atoms with Gasteiger partial charge in [0.05, 0.1) is 0 Å². The van der Waals surface area contributed by atoms with Crippen LogP contribution in [0.5, 0.6) is 0 Å². The molecule has 0 radical (unpaired) electrons. The summed E-state index contributed by atoms with van der Waals surface area (Å²) in [6, 6.07) is 0. The van der Waals surface area contributed by atoms with Gasteiger partial charge in [0.15, 0.2) is 5.82 Å². The van der Waals surface area contributed by atoms with Gasteiger partial charge in [-0.2, -0.15) is 5.10 Å². The number of aromatic nitrogens is 3. The van der Waals surface area contributed by atoms with Crippen LogP contribution >= 0.6 is 0 Å². The molecule has 13 heavy (non-hydrogen) atoms. The van der Waals surface area contributed by atoms with Gasteiger partial charge in [0.1, 0.15) is 6.33 Å². The van der Waals surface area contributed by atoms with Crippen LogP contribution in [0.2, 0.25) is 0 Å². The molecule has 0 saturated carbocycles. The van der Waals surface area contributed by atoms with Gasteiger partial charge in [-0.1, -0.05) is 5.57 Å². The Bertz CT molecular complexity index is 332. The van der Waals surface area contributed by atoms with Gasteiger partial charge in [0.2, 0.25) is 0 Å². The van der Waals surface area contributed by atoms with Crippen molar-refractivity contribution >= 4 is 5.57 Å². The third-order valence-corrected chi connectivity index (χ3v) is 2.54. The van der Waals surface area contributed by atoms with E-state index in [1.54, 1.807) is 6.33 Å². The highest BCUT2D eigenvalue weighted by Crippen LogP contribution is 2.25. The number of allylic oxidation sites excluding steroid dienone is 2. The van der Waals surface area contributed by atoms with E-state index >= 15 is 0 Å². The number of hydrogen-bond donors (Lipinski definition) is 0. The van der Waals surface area contributed by atoms with Crippen LogP contribution in [-0.4, -0.2) is 14.8 Å². The minimum atomic E-state index is 1.02. The van der Waals surface area contributed by atoms with Crippen LogP contribution in [0.1, 0.15) is 38.9 Å². The molecule has 0 bridgehead atoms. The lowest BCUT2D eigenvalue weighted by molar-refractivity contribution is 0.575. The lowest BCUT2D eigenvalue weighted by Crippen LogP contribution is -2.02. The lowest BCUT2D eigenvalue weighted by Gasteiger charge is -2.05. The van der Waals surface area contributed by atoms with E-state index in [1.807, 2.05) is 4.68 Å². The van der Waals surface area contributed by atoms with E-state index < -0.39 is 0 Å². The number of nitrogens with zero attached hydrogens (tertiary/aromatic N) is 3. The zero-order valence-electron chi connectivity index (χ0n) is 8.25. The predicted molar refractivity (Wildman–Crippen MR) is 52.1 cm³/mol. The maximum Gasteiger partial charge on any atom is 0.153 e. The van der Waals surface area contributed by atoms with Gasteiger partial charge in [-0.3, -0.25) is 0 Å². The summed E-state index contributed by atoms with van der Waals surface area (Å²) in [6.45, 7) is 5.32. The van der Waals surface area contributed by atoms with Gasteiger partial charge in [0, 0.05) is 6.54 Å². The average molecular weight is 177 g/mol. The fourth-order valence-corrected chi connectivity index (χ4v) is 1.81. The Morgan fingerprint density at radius 1 is 1.38 bits per heavy atom. The molecule has 1 aliphatic heterocycles. The Kier molecular flexibility index (Phi) is 2.17. The van der Waals surface area contributed by atoms with Crippen molar-refractivity contribution in [2.24, 2.45) is 0 Å². The van der Waals surface area contributed by atoms with E-state index in [0.29, 0.717) is 0 Å². The molecular formula is C10H15N3. The molecule has 0 aliphatic carbocycles. The molecular weight excluding hydrogens is 162 g/mol. The largest absolute Gasteiger partial charge is 0.246 e. The van der Waals surface area contributed by atoms with Crippen molar-refractivity contribution in [2.75, 3.05) is 0 Å². The first-order valence-corrected chi connectivity index (χ1v) is 4.83. The van der Waals surface area contributed by atoms with Crippen molar-refractivity contribution in [3.05, 3.63) is 17.7 Å². The molecule has 1 aromatic rings. The molecule has 0 spiro atoms. The molecule has 2 heterocycles. The van der Waals surface area contributed by atoms with Crippen molar-refractivity contribution in [2.45, 2.75) is 39.7 Å². The topological polar surface area (TPSA) is 30.7 Å². The predicted octanol–water partition coefficient (Wildman–Crippen LogP) is 2.26. The molecule has 2 rings (SSSR count). The van der Waals surface area contributed by atoms with E-state index in [2.05, 4.69) is 23.9 Å². The number of hydrogen-bond acceptors (Lipinski definition) is 2. The van der Waals surface area contributed by atoms with Gasteiger partial charge < -0.3 is 0 Å². The maximum absolute atomic E-state index is 4.31. The zero-order valence-corrected chi connectivity index (χ0v) is 8.25. The Balaban J connectivity index is 2.48. The first-order valence-electron chi connectivity index (χ1n) is 4.83. The lowest BCUT2D eigenvalue weighted by atomic mass is 10.1. The molecule has 0 atom stereocenters. The summed E-state index contributed by atoms with van der Waals surface area (Å²) in [6.07, 6.45) is 5.28. The summed E-state index contributed by atoms with van der Waals surface area (Å²) in [5.74, 6) is 1.08. The van der Waals surface area contributed by atoms with Crippen molar-refractivity contribution in [1.82, 2.24) is 14.8 Å². The second-order valence-electron chi connectivity index (χ2n) is 3.74. The molecule has 70 valence electrons. The van der Waals surface area contributed by atoms with Gasteiger partial charge in [-0.15, -0.1) is 0 Å². The van der Waals surface area contributed by atoms with Crippen LogP contribution in [0.15, 0.2) is 11.9 Å². The first-order chi connectivity index (χ1) is 6.29. The Hall–Kier alpha value is -1.12. The van der Waals surface area contributed by atoms with E-state index in [4.69, 9.17) is 0 Å². The first kappa shape index (κ1) is 8.48. The van der Waals surface area contributed by atoms with Crippen LogP contribution < -0.4 is 0 Å². The molecule has 0 fully saturated rings. The van der Waals surface area contributed by atoms with E-state index in [0.717, 1.165) is 18.8 Å². The molecule has 0 amide bonds. The second-order valence-corrected chi connectivity index (χ2v) is 3.74. The maximum atomic E-state index is 4.31. The summed E-state index contributed by atoms with van der Waals surface area (Å²) in [4.78, 5) is 4.31. The van der Waals surface area contributed by atoms with Gasteiger partial charge >= 0.3 is 0 Å². The molecule has 0 aromatic carbocycles. The Labute approximate surface area is 78.5 Å². The molecule has 0 saturated heterocycles. The monoisotopic (exact) mass is 177 g/mol. The minimum Gasteiger partial charge on any atom is -0.246 e. The second kappa shape index (κ2) is 3.32. The number of rotatable bonds is 0. The zero-order chi connectivity index (χ0) is 9.26. The van der Waals surface area contributed by atoms with Crippen LogP contribution in [0, 0.1) is 0 Å². The summed E-state index contributed by atoms with van der Waals surface area (Å²) < 4.78 is 2.02. The summed E-state index contributed by atoms with van der Waals surface area (Å²) in [5, 5.41) is 4.22. The fourth-order valence-electron chi connectivity index (χ4n) is 1.81. The van der Waals surface area contributed by atoms with Crippen LogP contribution in [0.3, 0.4) is 0 Å². The van der Waals surface area contributed by atoms with E-state index in [9.17, 15) is 0 Å². The van der Waals surface area contributed by atoms with Crippen LogP contribution in [0.4, 0.5) is 0 Å². The Morgan fingerprint density at radius 2 is 2.23 bits per heavy atom. The SMILES string of the molecule is CC(C)=C1CCCCn2ncnc21. The summed E-state index contributed by atoms with van der Waals surface area (Å²) in [7, 11) is 0. The third-order valence-electron chi connectivity index (χ3n) is 2.54. The molecule has 3 nitrogen and oxygen atoms in total. The standard InChI is InChI=1S/C10H15N3/c1-8(2)9-5-3-4-6-13-10(9)11-7-12-13/h7H,3-6H2,1-2H3. The fraction of sp³-hybridized carbons (Fsp3) is 0.600. The van der Waals surface area contributed by atoms with Gasteiger partial charge in [-0.05, 0) is 38.7 Å². The molecule has 1 aromatic heterocycles. The summed E-state index contributed by atoms with van der Waals surface area (Å²) in [5.41, 5.74) is 2.76. The van der Waals surface area contributed by atoms with Crippen molar-refractivity contribution in [3.8, 4) is 0 Å². The van der Waals surface area contributed by atoms with Crippen LogP contribution in [-0.2, 0) is 6.54 Å². The molecule has 0 unspecified atom stereocenters. The Morgan fingerprint density at radius 3 is 3.00 bits per heavy atom. The van der Waals surface area contributed by atoms with Gasteiger partial charge in [-0.25, -0.2) is 9.67 Å². The van der Waals surface area contributed by atoms with Crippen molar-refractivity contribution in [1.29, 1.82) is 0 Å². The van der Waals surface area contributed by atoms with Crippen molar-refractivity contribution in [3.63, 3.8) is 0 Å². The quantitative estimate of drug-likeness (QED) is 0.608. The highest BCUT2D eigenvalue weighted by molar-refractivity contribution is 5.62. The highest BCUT2D eigenvalue weighted by Gasteiger charge is 2.14. The molecule has 1 aliphatic rings. The molecule has 0 N–H and O–H groups in total. The molecule has 3 heteroatoms. The smallest absolute Gasteiger partial charge is 0.153 e. The third kappa shape index (κ3) is 1.50. The van der Waals surface area contributed by atoms with E-state index in [-0.39, 0.29) is 0 Å². The highest BCUT2D eigenvalue weighted by atomic mass is 15.3. The van der Waals surface area contributed by atoms with Crippen LogP contribution in [0.25, 0.3) is 5.57 Å².